The third kappa shape index (κ3) is 3.98. The summed E-state index contributed by atoms with van der Waals surface area (Å²) in [7, 11) is 4.08. The number of imidazole rings is 1. The van der Waals surface area contributed by atoms with Crippen molar-refractivity contribution in [3.8, 4) is 33.1 Å². The quantitative estimate of drug-likeness (QED) is 0.295. The normalized spacial score (nSPS) is 11.7. The molecular weight excluding hydrogens is 470 g/mol. The fourth-order valence-electron chi connectivity index (χ4n) is 4.35. The SMILES string of the molecule is CC(=O)c1ccc(-c2cccc3[nH]c(-c4n[nH]c5ncc(-c6cncc(CN(C)C)c6)cc45)nc23)s1. The van der Waals surface area contributed by atoms with E-state index in [1.54, 1.807) is 6.92 Å². The summed E-state index contributed by atoms with van der Waals surface area (Å²) in [5, 5.41) is 8.44. The van der Waals surface area contributed by atoms with Crippen LogP contribution in [0.2, 0.25) is 0 Å². The summed E-state index contributed by atoms with van der Waals surface area (Å²) in [6.07, 6.45) is 5.57. The minimum Gasteiger partial charge on any atom is -0.337 e. The number of nitrogens with one attached hydrogen (secondary N) is 2. The Labute approximate surface area is 211 Å². The fourth-order valence-corrected chi connectivity index (χ4v) is 5.28. The van der Waals surface area contributed by atoms with Crippen molar-refractivity contribution < 1.29 is 4.79 Å². The van der Waals surface area contributed by atoms with Gasteiger partial charge in [0.25, 0.3) is 0 Å². The highest BCUT2D eigenvalue weighted by atomic mass is 32.1. The number of aromatic nitrogens is 6. The number of ketones is 1. The monoisotopic (exact) mass is 493 g/mol. The molecule has 0 bridgehead atoms. The van der Waals surface area contributed by atoms with Crippen molar-refractivity contribution in [2.45, 2.75) is 13.5 Å². The van der Waals surface area contributed by atoms with Crippen LogP contribution >= 0.6 is 11.3 Å². The van der Waals surface area contributed by atoms with Crippen LogP contribution in [0.3, 0.4) is 0 Å². The van der Waals surface area contributed by atoms with Crippen LogP contribution in [-0.2, 0) is 6.54 Å². The molecule has 0 saturated carbocycles. The van der Waals surface area contributed by atoms with Crippen molar-refractivity contribution >= 4 is 39.2 Å². The molecule has 0 spiro atoms. The van der Waals surface area contributed by atoms with Gasteiger partial charge in [-0.15, -0.1) is 11.3 Å². The zero-order chi connectivity index (χ0) is 24.8. The highest BCUT2D eigenvalue weighted by molar-refractivity contribution is 7.17. The number of hydrogen-bond acceptors (Lipinski definition) is 7. The van der Waals surface area contributed by atoms with E-state index in [1.807, 2.05) is 63.0 Å². The van der Waals surface area contributed by atoms with Gasteiger partial charge in [-0.05, 0) is 56.9 Å². The summed E-state index contributed by atoms with van der Waals surface area (Å²) < 4.78 is 0. The molecule has 36 heavy (non-hydrogen) atoms. The van der Waals surface area contributed by atoms with E-state index in [1.165, 1.54) is 11.3 Å². The number of pyridine rings is 2. The fraction of sp³-hybridized carbons (Fsp3) is 0.148. The lowest BCUT2D eigenvalue weighted by Crippen LogP contribution is -2.10. The van der Waals surface area contributed by atoms with E-state index < -0.39 is 0 Å². The molecule has 0 unspecified atom stereocenters. The van der Waals surface area contributed by atoms with Gasteiger partial charge in [0.05, 0.1) is 21.3 Å². The predicted molar refractivity (Wildman–Crippen MR) is 143 cm³/mol. The summed E-state index contributed by atoms with van der Waals surface area (Å²) in [6.45, 7) is 2.40. The first kappa shape index (κ1) is 22.3. The number of aromatic amines is 2. The Hall–Kier alpha value is -4.21. The molecule has 5 heterocycles. The summed E-state index contributed by atoms with van der Waals surface area (Å²) in [4.78, 5) is 33.0. The molecular formula is C27H23N7OS. The van der Waals surface area contributed by atoms with Gasteiger partial charge in [0.15, 0.2) is 17.3 Å². The molecule has 2 N–H and O–H groups in total. The first-order chi connectivity index (χ1) is 17.5. The van der Waals surface area contributed by atoms with E-state index in [9.17, 15) is 4.79 Å². The minimum atomic E-state index is 0.0647. The van der Waals surface area contributed by atoms with E-state index in [0.717, 1.165) is 55.0 Å². The second-order valence-electron chi connectivity index (χ2n) is 9.02. The molecule has 0 aliphatic carbocycles. The molecule has 178 valence electrons. The predicted octanol–water partition coefficient (Wildman–Crippen LogP) is 5.56. The van der Waals surface area contributed by atoms with E-state index in [2.05, 4.69) is 42.2 Å². The maximum Gasteiger partial charge on any atom is 0.169 e. The Kier molecular flexibility index (Phi) is 5.43. The second-order valence-corrected chi connectivity index (χ2v) is 10.1. The molecule has 0 radical (unpaired) electrons. The van der Waals surface area contributed by atoms with Gasteiger partial charge in [-0.1, -0.05) is 12.1 Å². The van der Waals surface area contributed by atoms with Gasteiger partial charge in [-0.25, -0.2) is 9.97 Å². The van der Waals surface area contributed by atoms with Gasteiger partial charge in [-0.3, -0.25) is 14.9 Å². The molecule has 8 nitrogen and oxygen atoms in total. The summed E-state index contributed by atoms with van der Waals surface area (Å²) in [5.74, 6) is 0.723. The number of carbonyl (C=O) groups is 1. The number of fused-ring (bicyclic) bond motifs is 2. The maximum atomic E-state index is 11.8. The topological polar surface area (TPSA) is 103 Å². The molecule has 0 aliphatic rings. The van der Waals surface area contributed by atoms with Crippen molar-refractivity contribution in [3.63, 3.8) is 0 Å². The van der Waals surface area contributed by atoms with E-state index in [4.69, 9.17) is 4.98 Å². The summed E-state index contributed by atoms with van der Waals surface area (Å²) in [5.41, 5.74) is 7.22. The van der Waals surface area contributed by atoms with E-state index >= 15 is 0 Å². The number of nitrogens with zero attached hydrogens (tertiary/aromatic N) is 5. The third-order valence-electron chi connectivity index (χ3n) is 6.00. The Bertz CT molecular complexity index is 1740. The molecule has 1 aromatic carbocycles. The smallest absolute Gasteiger partial charge is 0.169 e. The summed E-state index contributed by atoms with van der Waals surface area (Å²) in [6, 6.07) is 14.1. The molecule has 0 fully saturated rings. The Balaban J connectivity index is 1.43. The molecule has 0 atom stereocenters. The molecule has 0 aliphatic heterocycles. The molecule has 0 amide bonds. The molecule has 5 aromatic heterocycles. The zero-order valence-electron chi connectivity index (χ0n) is 20.0. The highest BCUT2D eigenvalue weighted by Gasteiger charge is 2.17. The van der Waals surface area contributed by atoms with Crippen molar-refractivity contribution in [1.82, 2.24) is 35.0 Å². The number of rotatable bonds is 6. The molecule has 6 rings (SSSR count). The van der Waals surface area contributed by atoms with Crippen molar-refractivity contribution in [2.24, 2.45) is 0 Å². The van der Waals surface area contributed by atoms with Gasteiger partial charge in [0, 0.05) is 46.7 Å². The average molecular weight is 494 g/mol. The first-order valence-electron chi connectivity index (χ1n) is 11.5. The van der Waals surface area contributed by atoms with Crippen LogP contribution in [0.1, 0.15) is 22.2 Å². The van der Waals surface area contributed by atoms with Crippen LogP contribution in [0.4, 0.5) is 0 Å². The van der Waals surface area contributed by atoms with Crippen LogP contribution in [0.5, 0.6) is 0 Å². The number of carbonyl (C=O) groups excluding carboxylic acids is 1. The molecule has 6 aromatic rings. The van der Waals surface area contributed by atoms with E-state index in [-0.39, 0.29) is 5.78 Å². The number of benzene rings is 1. The van der Waals surface area contributed by atoms with Crippen LogP contribution in [0, 0.1) is 0 Å². The van der Waals surface area contributed by atoms with Crippen molar-refractivity contribution in [2.75, 3.05) is 14.1 Å². The van der Waals surface area contributed by atoms with Gasteiger partial charge < -0.3 is 9.88 Å². The number of thiophene rings is 1. The average Bonchev–Trinajstić information content (AvgIpc) is 3.60. The highest BCUT2D eigenvalue weighted by Crippen LogP contribution is 2.35. The van der Waals surface area contributed by atoms with Crippen molar-refractivity contribution in [3.05, 3.63) is 71.5 Å². The van der Waals surface area contributed by atoms with Crippen LogP contribution in [0.15, 0.2) is 61.1 Å². The molecule has 9 heteroatoms. The Morgan fingerprint density at radius 2 is 1.92 bits per heavy atom. The van der Waals surface area contributed by atoms with Crippen LogP contribution in [-0.4, -0.2) is 54.9 Å². The lowest BCUT2D eigenvalue weighted by Gasteiger charge is -2.10. The Morgan fingerprint density at radius 3 is 2.72 bits per heavy atom. The number of Topliss-reactive ketones (excluding diaryl/α,β-unsaturated/α-hetero) is 1. The maximum absolute atomic E-state index is 11.8. The minimum absolute atomic E-state index is 0.0647. The third-order valence-corrected chi connectivity index (χ3v) is 7.22. The zero-order valence-corrected chi connectivity index (χ0v) is 20.8. The van der Waals surface area contributed by atoms with Crippen LogP contribution < -0.4 is 0 Å². The number of H-pyrrole nitrogens is 2. The number of para-hydroxylation sites is 1. The number of hydrogen-bond donors (Lipinski definition) is 2. The van der Waals surface area contributed by atoms with E-state index in [0.29, 0.717) is 17.2 Å². The van der Waals surface area contributed by atoms with Gasteiger partial charge in [0.2, 0.25) is 0 Å². The lowest BCUT2D eigenvalue weighted by atomic mass is 10.1. The van der Waals surface area contributed by atoms with Crippen LogP contribution in [0.25, 0.3) is 55.2 Å². The molecule has 0 saturated heterocycles. The first-order valence-corrected chi connectivity index (χ1v) is 12.3. The van der Waals surface area contributed by atoms with Gasteiger partial charge in [-0.2, -0.15) is 5.10 Å². The second kappa shape index (κ2) is 8.78. The van der Waals surface area contributed by atoms with Crippen molar-refractivity contribution in [1.29, 1.82) is 0 Å². The van der Waals surface area contributed by atoms with Gasteiger partial charge in [0.1, 0.15) is 5.69 Å². The largest absolute Gasteiger partial charge is 0.337 e. The lowest BCUT2D eigenvalue weighted by molar-refractivity contribution is 0.102. The standard InChI is InChI=1S/C27H23N7OS/c1-15(35)22-7-8-23(36-22)19-5-4-6-21-24(19)31-27(30-21)25-20-10-18(13-29-26(20)33-32-25)17-9-16(11-28-12-17)14-34(2)3/h4-13H,14H2,1-3H3,(H,30,31)(H,29,32,33). The van der Waals surface area contributed by atoms with Gasteiger partial charge >= 0.3 is 0 Å². The Morgan fingerprint density at radius 1 is 1.06 bits per heavy atom. The summed E-state index contributed by atoms with van der Waals surface area (Å²) >= 11 is 1.48.